The topological polar surface area (TPSA) is 69.6 Å². The fraction of sp³-hybridized carbons (Fsp3) is 0.222. The van der Waals surface area contributed by atoms with Gasteiger partial charge in [-0.3, -0.25) is 0 Å². The number of hydrogen-bond acceptors (Lipinski definition) is 4. The molecule has 72 valence electrons. The van der Waals surface area contributed by atoms with Crippen molar-refractivity contribution in [2.24, 2.45) is 7.05 Å². The minimum absolute atomic E-state index is 0.726. The second-order valence-electron chi connectivity index (χ2n) is 3.14. The summed E-state index contributed by atoms with van der Waals surface area (Å²) in [7, 11) is 1.83. The molecule has 0 aliphatic rings. The summed E-state index contributed by atoms with van der Waals surface area (Å²) >= 11 is 0. The highest BCUT2D eigenvalue weighted by Crippen LogP contribution is 2.08. The van der Waals surface area contributed by atoms with Crippen LogP contribution in [-0.4, -0.2) is 20.2 Å². The summed E-state index contributed by atoms with van der Waals surface area (Å²) in [4.78, 5) is 0. The van der Waals surface area contributed by atoms with Gasteiger partial charge in [0.2, 0.25) is 0 Å². The van der Waals surface area contributed by atoms with Crippen molar-refractivity contribution in [1.29, 1.82) is 0 Å². The van der Waals surface area contributed by atoms with E-state index in [1.54, 1.807) is 4.68 Å². The van der Waals surface area contributed by atoms with Crippen molar-refractivity contribution >= 4 is 5.69 Å². The Bertz CT molecular complexity index is 417. The molecule has 0 saturated heterocycles. The number of benzene rings is 1. The van der Waals surface area contributed by atoms with E-state index < -0.39 is 0 Å². The predicted octanol–water partition coefficient (Wildman–Crippen LogP) is 0.383. The zero-order valence-electron chi connectivity index (χ0n) is 7.88. The quantitative estimate of drug-likeness (QED) is 0.693. The van der Waals surface area contributed by atoms with Crippen LogP contribution in [0.5, 0.6) is 0 Å². The van der Waals surface area contributed by atoms with Crippen molar-refractivity contribution in [2.45, 2.75) is 6.42 Å². The van der Waals surface area contributed by atoms with Gasteiger partial charge in [0, 0.05) is 19.2 Å². The molecule has 0 aliphatic carbocycles. The molecule has 0 bridgehead atoms. The fourth-order valence-electron chi connectivity index (χ4n) is 1.22. The van der Waals surface area contributed by atoms with Crippen molar-refractivity contribution in [2.75, 3.05) is 5.73 Å². The molecule has 1 heterocycles. The van der Waals surface area contributed by atoms with Gasteiger partial charge >= 0.3 is 0 Å². The lowest BCUT2D eigenvalue weighted by Crippen LogP contribution is -2.00. The molecule has 1 aromatic heterocycles. The SMILES string of the molecule is Cn1nnnc1Cc1ccc(N)cc1. The minimum atomic E-state index is 0.726. The van der Waals surface area contributed by atoms with Gasteiger partial charge < -0.3 is 5.73 Å². The third-order valence-electron chi connectivity index (χ3n) is 2.05. The number of tetrazole rings is 1. The lowest BCUT2D eigenvalue weighted by atomic mass is 10.1. The van der Waals surface area contributed by atoms with E-state index in [0.29, 0.717) is 0 Å². The number of hydrogen-bond donors (Lipinski definition) is 1. The molecule has 5 nitrogen and oxygen atoms in total. The number of rotatable bonds is 2. The summed E-state index contributed by atoms with van der Waals surface area (Å²) < 4.78 is 1.66. The number of nitrogens with zero attached hydrogens (tertiary/aromatic N) is 4. The Balaban J connectivity index is 2.19. The average molecular weight is 189 g/mol. The molecule has 0 atom stereocenters. The first kappa shape index (κ1) is 8.68. The second-order valence-corrected chi connectivity index (χ2v) is 3.14. The molecule has 0 radical (unpaired) electrons. The molecule has 0 spiro atoms. The van der Waals surface area contributed by atoms with Gasteiger partial charge in [-0.1, -0.05) is 12.1 Å². The van der Waals surface area contributed by atoms with Gasteiger partial charge in [-0.05, 0) is 28.1 Å². The second kappa shape index (κ2) is 3.45. The van der Waals surface area contributed by atoms with Gasteiger partial charge in [0.25, 0.3) is 0 Å². The van der Waals surface area contributed by atoms with Gasteiger partial charge in [0.1, 0.15) is 0 Å². The van der Waals surface area contributed by atoms with Crippen molar-refractivity contribution < 1.29 is 0 Å². The first-order valence-corrected chi connectivity index (χ1v) is 4.31. The van der Waals surface area contributed by atoms with Crippen molar-refractivity contribution in [3.05, 3.63) is 35.7 Å². The normalized spacial score (nSPS) is 10.4. The van der Waals surface area contributed by atoms with Gasteiger partial charge in [0.15, 0.2) is 5.82 Å². The lowest BCUT2D eigenvalue weighted by Gasteiger charge is -1.99. The smallest absolute Gasteiger partial charge is 0.155 e. The molecular weight excluding hydrogens is 178 g/mol. The van der Waals surface area contributed by atoms with Crippen LogP contribution in [0.1, 0.15) is 11.4 Å². The van der Waals surface area contributed by atoms with Gasteiger partial charge in [-0.2, -0.15) is 0 Å². The predicted molar refractivity (Wildman–Crippen MR) is 52.5 cm³/mol. The molecule has 2 rings (SSSR count). The van der Waals surface area contributed by atoms with Crippen LogP contribution >= 0.6 is 0 Å². The van der Waals surface area contributed by atoms with Crippen LogP contribution in [0.3, 0.4) is 0 Å². The number of aryl methyl sites for hydroxylation is 1. The standard InChI is InChI=1S/C9H11N5/c1-14-9(11-12-13-14)6-7-2-4-8(10)5-3-7/h2-5H,6,10H2,1H3. The highest BCUT2D eigenvalue weighted by Gasteiger charge is 2.02. The summed E-state index contributed by atoms with van der Waals surface area (Å²) in [5, 5.41) is 11.2. The summed E-state index contributed by atoms with van der Waals surface area (Å²) in [6.45, 7) is 0. The summed E-state index contributed by atoms with van der Waals surface area (Å²) in [6.07, 6.45) is 0.726. The maximum absolute atomic E-state index is 5.58. The van der Waals surface area contributed by atoms with E-state index >= 15 is 0 Å². The largest absolute Gasteiger partial charge is 0.399 e. The Morgan fingerprint density at radius 3 is 2.57 bits per heavy atom. The molecule has 2 N–H and O–H groups in total. The van der Waals surface area contributed by atoms with Crippen molar-refractivity contribution in [3.8, 4) is 0 Å². The van der Waals surface area contributed by atoms with E-state index in [1.807, 2.05) is 31.3 Å². The number of aromatic nitrogens is 4. The van der Waals surface area contributed by atoms with Crippen LogP contribution in [-0.2, 0) is 13.5 Å². The third kappa shape index (κ3) is 1.71. The third-order valence-corrected chi connectivity index (χ3v) is 2.05. The van der Waals surface area contributed by atoms with E-state index in [1.165, 1.54) is 0 Å². The van der Waals surface area contributed by atoms with Crippen LogP contribution in [0.4, 0.5) is 5.69 Å². The molecule has 1 aromatic carbocycles. The van der Waals surface area contributed by atoms with Crippen LogP contribution < -0.4 is 5.73 Å². The average Bonchev–Trinajstić information content (AvgIpc) is 2.56. The monoisotopic (exact) mass is 189 g/mol. The summed E-state index contributed by atoms with van der Waals surface area (Å²) in [5.74, 6) is 0.842. The molecular formula is C9H11N5. The van der Waals surface area contributed by atoms with E-state index in [4.69, 9.17) is 5.73 Å². The van der Waals surface area contributed by atoms with E-state index in [-0.39, 0.29) is 0 Å². The lowest BCUT2D eigenvalue weighted by molar-refractivity contribution is 0.686. The number of anilines is 1. The van der Waals surface area contributed by atoms with Crippen LogP contribution in [0.2, 0.25) is 0 Å². The first-order chi connectivity index (χ1) is 6.75. The zero-order chi connectivity index (χ0) is 9.97. The highest BCUT2D eigenvalue weighted by atomic mass is 15.5. The molecule has 0 aliphatic heterocycles. The van der Waals surface area contributed by atoms with Gasteiger partial charge in [0.05, 0.1) is 0 Å². The van der Waals surface area contributed by atoms with Gasteiger partial charge in [-0.15, -0.1) is 5.10 Å². The Morgan fingerprint density at radius 2 is 2.00 bits per heavy atom. The molecule has 14 heavy (non-hydrogen) atoms. The highest BCUT2D eigenvalue weighted by molar-refractivity contribution is 5.39. The fourth-order valence-corrected chi connectivity index (χ4v) is 1.22. The molecule has 0 unspecified atom stereocenters. The number of nitrogen functional groups attached to an aromatic ring is 1. The van der Waals surface area contributed by atoms with Crippen LogP contribution in [0.15, 0.2) is 24.3 Å². The summed E-state index contributed by atoms with van der Waals surface area (Å²) in [6, 6.07) is 7.70. The Morgan fingerprint density at radius 1 is 1.29 bits per heavy atom. The zero-order valence-corrected chi connectivity index (χ0v) is 7.88. The van der Waals surface area contributed by atoms with Crippen LogP contribution in [0.25, 0.3) is 0 Å². The molecule has 2 aromatic rings. The van der Waals surface area contributed by atoms with E-state index in [2.05, 4.69) is 15.5 Å². The minimum Gasteiger partial charge on any atom is -0.399 e. The van der Waals surface area contributed by atoms with E-state index in [0.717, 1.165) is 23.5 Å². The number of nitrogens with two attached hydrogens (primary N) is 1. The molecule has 0 amide bonds. The Labute approximate surface area is 81.5 Å². The molecule has 5 heteroatoms. The maximum atomic E-state index is 5.58. The Hall–Kier alpha value is -1.91. The van der Waals surface area contributed by atoms with Gasteiger partial charge in [-0.25, -0.2) is 4.68 Å². The Kier molecular flexibility index (Phi) is 2.14. The summed E-state index contributed by atoms with van der Waals surface area (Å²) in [5.41, 5.74) is 7.50. The van der Waals surface area contributed by atoms with Crippen LogP contribution in [0, 0.1) is 0 Å². The van der Waals surface area contributed by atoms with Crippen molar-refractivity contribution in [3.63, 3.8) is 0 Å². The van der Waals surface area contributed by atoms with Crippen molar-refractivity contribution in [1.82, 2.24) is 20.2 Å². The molecule has 0 saturated carbocycles. The molecule has 0 fully saturated rings. The maximum Gasteiger partial charge on any atom is 0.155 e. The first-order valence-electron chi connectivity index (χ1n) is 4.31. The van der Waals surface area contributed by atoms with E-state index in [9.17, 15) is 0 Å².